The van der Waals surface area contributed by atoms with E-state index in [1.54, 1.807) is 42.5 Å². The lowest BCUT2D eigenvalue weighted by Crippen LogP contribution is -2.28. The molecular formula is C27H20Cl2N2O3. The van der Waals surface area contributed by atoms with Crippen molar-refractivity contribution in [2.24, 2.45) is 5.92 Å². The third kappa shape index (κ3) is 4.72. The topological polar surface area (TPSA) is 58.6 Å². The second-order valence-electron chi connectivity index (χ2n) is 8.13. The molecule has 0 bridgehead atoms. The van der Waals surface area contributed by atoms with Crippen LogP contribution in [0.4, 0.5) is 11.4 Å². The van der Waals surface area contributed by atoms with Gasteiger partial charge < -0.3 is 15.0 Å². The molecule has 1 saturated heterocycles. The molecule has 0 unspecified atom stereocenters. The van der Waals surface area contributed by atoms with Crippen LogP contribution < -0.4 is 15.0 Å². The number of fused-ring (bicyclic) bond motifs is 1. The van der Waals surface area contributed by atoms with Gasteiger partial charge >= 0.3 is 0 Å². The number of hydrogen-bond acceptors (Lipinski definition) is 3. The highest BCUT2D eigenvalue weighted by Crippen LogP contribution is 2.34. The number of carbonyl (C=O) groups is 2. The van der Waals surface area contributed by atoms with Gasteiger partial charge in [-0.2, -0.15) is 0 Å². The zero-order valence-electron chi connectivity index (χ0n) is 18.0. The number of nitrogens with zero attached hydrogens (tertiary/aromatic N) is 1. The average Bonchev–Trinajstić information content (AvgIpc) is 3.23. The van der Waals surface area contributed by atoms with Crippen molar-refractivity contribution in [1.82, 2.24) is 0 Å². The Morgan fingerprint density at radius 1 is 0.882 bits per heavy atom. The highest BCUT2D eigenvalue weighted by atomic mass is 35.5. The molecule has 170 valence electrons. The van der Waals surface area contributed by atoms with Gasteiger partial charge in [0.25, 0.3) is 0 Å². The molecule has 7 heteroatoms. The molecular weight excluding hydrogens is 471 g/mol. The number of halogens is 2. The van der Waals surface area contributed by atoms with Crippen LogP contribution in [0, 0.1) is 5.92 Å². The van der Waals surface area contributed by atoms with Gasteiger partial charge in [-0.3, -0.25) is 9.59 Å². The summed E-state index contributed by atoms with van der Waals surface area (Å²) in [5.74, 6) is 0.516. The van der Waals surface area contributed by atoms with Gasteiger partial charge in [-0.25, -0.2) is 0 Å². The molecule has 0 aromatic heterocycles. The van der Waals surface area contributed by atoms with Gasteiger partial charge in [0, 0.05) is 23.7 Å². The lowest BCUT2D eigenvalue weighted by atomic mass is 10.1. The van der Waals surface area contributed by atoms with E-state index >= 15 is 0 Å². The van der Waals surface area contributed by atoms with E-state index in [0.29, 0.717) is 27.2 Å². The summed E-state index contributed by atoms with van der Waals surface area (Å²) in [5.41, 5.74) is 1.15. The Bertz CT molecular complexity index is 1390. The SMILES string of the molecule is O=C(Nc1ccc(Oc2ccc3ccccc3c2)cc1)[C@@H]1CC(=O)N(c2cc(Cl)ccc2Cl)C1. The minimum absolute atomic E-state index is 0.109. The van der Waals surface area contributed by atoms with Crippen LogP contribution in [-0.4, -0.2) is 18.4 Å². The van der Waals surface area contributed by atoms with Gasteiger partial charge in [-0.05, 0) is 65.4 Å². The summed E-state index contributed by atoms with van der Waals surface area (Å²) >= 11 is 12.3. The van der Waals surface area contributed by atoms with Crippen molar-refractivity contribution in [3.8, 4) is 11.5 Å². The van der Waals surface area contributed by atoms with E-state index in [9.17, 15) is 9.59 Å². The lowest BCUT2D eigenvalue weighted by Gasteiger charge is -2.18. The molecule has 1 N–H and O–H groups in total. The molecule has 34 heavy (non-hydrogen) atoms. The van der Waals surface area contributed by atoms with Crippen LogP contribution in [0.5, 0.6) is 11.5 Å². The zero-order valence-corrected chi connectivity index (χ0v) is 19.5. The molecule has 0 spiro atoms. The molecule has 1 atom stereocenters. The van der Waals surface area contributed by atoms with Crippen LogP contribution in [0.3, 0.4) is 0 Å². The number of hydrogen-bond donors (Lipinski definition) is 1. The summed E-state index contributed by atoms with van der Waals surface area (Å²) in [5, 5.41) is 6.03. The Labute approximate surface area is 206 Å². The fourth-order valence-corrected chi connectivity index (χ4v) is 4.41. The molecule has 0 radical (unpaired) electrons. The number of benzene rings is 4. The summed E-state index contributed by atoms with van der Waals surface area (Å²) in [6, 6.07) is 26.1. The lowest BCUT2D eigenvalue weighted by molar-refractivity contribution is -0.122. The van der Waals surface area contributed by atoms with Gasteiger partial charge in [0.1, 0.15) is 11.5 Å². The van der Waals surface area contributed by atoms with Crippen LogP contribution in [0.2, 0.25) is 10.0 Å². The third-order valence-electron chi connectivity index (χ3n) is 5.77. The van der Waals surface area contributed by atoms with Crippen molar-refractivity contribution in [2.75, 3.05) is 16.8 Å². The van der Waals surface area contributed by atoms with Crippen LogP contribution >= 0.6 is 23.2 Å². The Hall–Kier alpha value is -3.54. The zero-order chi connectivity index (χ0) is 23.7. The van der Waals surface area contributed by atoms with Crippen molar-refractivity contribution < 1.29 is 14.3 Å². The molecule has 5 rings (SSSR count). The van der Waals surface area contributed by atoms with E-state index in [4.69, 9.17) is 27.9 Å². The normalized spacial score (nSPS) is 15.5. The van der Waals surface area contributed by atoms with E-state index in [0.717, 1.165) is 16.5 Å². The maximum Gasteiger partial charge on any atom is 0.229 e. The molecule has 4 aromatic carbocycles. The van der Waals surface area contributed by atoms with Gasteiger partial charge in [-0.1, -0.05) is 53.5 Å². The van der Waals surface area contributed by atoms with E-state index in [1.165, 1.54) is 4.90 Å². The van der Waals surface area contributed by atoms with Crippen LogP contribution in [0.25, 0.3) is 10.8 Å². The van der Waals surface area contributed by atoms with Crippen molar-refractivity contribution in [3.63, 3.8) is 0 Å². The minimum atomic E-state index is -0.490. The summed E-state index contributed by atoms with van der Waals surface area (Å²) < 4.78 is 5.96. The molecule has 1 heterocycles. The second kappa shape index (κ2) is 9.37. The molecule has 1 aliphatic heterocycles. The number of carbonyl (C=O) groups excluding carboxylic acids is 2. The molecule has 1 fully saturated rings. The van der Waals surface area contributed by atoms with Gasteiger partial charge in [-0.15, -0.1) is 0 Å². The standard InChI is InChI=1S/C27H20Cl2N2O3/c28-20-6-12-24(29)25(15-20)31-16-19(14-26(31)32)27(33)30-21-7-10-22(11-8-21)34-23-9-5-17-3-1-2-4-18(17)13-23/h1-13,15,19H,14,16H2,(H,30,33)/t19-/m1/s1. The maximum atomic E-state index is 12.8. The summed E-state index contributed by atoms with van der Waals surface area (Å²) in [6.07, 6.45) is 0.109. The molecule has 5 nitrogen and oxygen atoms in total. The Morgan fingerprint density at radius 3 is 2.41 bits per heavy atom. The van der Waals surface area contributed by atoms with Crippen molar-refractivity contribution >= 4 is 57.2 Å². The Balaban J connectivity index is 1.23. The average molecular weight is 491 g/mol. The number of amides is 2. The minimum Gasteiger partial charge on any atom is -0.457 e. The van der Waals surface area contributed by atoms with E-state index in [-0.39, 0.29) is 24.8 Å². The maximum absolute atomic E-state index is 12.8. The van der Waals surface area contributed by atoms with Crippen LogP contribution in [0.1, 0.15) is 6.42 Å². The first kappa shape index (κ1) is 22.3. The van der Waals surface area contributed by atoms with Crippen molar-refractivity contribution in [1.29, 1.82) is 0 Å². The van der Waals surface area contributed by atoms with Crippen molar-refractivity contribution in [3.05, 3.63) is 95.0 Å². The quantitative estimate of drug-likeness (QED) is 0.329. The first-order chi connectivity index (χ1) is 16.5. The van der Waals surface area contributed by atoms with Crippen LogP contribution in [-0.2, 0) is 9.59 Å². The molecule has 1 aliphatic rings. The highest BCUT2D eigenvalue weighted by molar-refractivity contribution is 6.36. The summed E-state index contributed by atoms with van der Waals surface area (Å²) in [7, 11) is 0. The first-order valence-electron chi connectivity index (χ1n) is 10.8. The third-order valence-corrected chi connectivity index (χ3v) is 6.33. The van der Waals surface area contributed by atoms with Gasteiger partial charge in [0.2, 0.25) is 11.8 Å². The number of anilines is 2. The molecule has 0 saturated carbocycles. The summed E-state index contributed by atoms with van der Waals surface area (Å²) in [6.45, 7) is 0.244. The monoisotopic (exact) mass is 490 g/mol. The predicted octanol–water partition coefficient (Wildman–Crippen LogP) is 6.93. The first-order valence-corrected chi connectivity index (χ1v) is 11.5. The van der Waals surface area contributed by atoms with Gasteiger partial charge in [0.15, 0.2) is 0 Å². The van der Waals surface area contributed by atoms with E-state index in [1.807, 2.05) is 36.4 Å². The Morgan fingerprint density at radius 2 is 1.62 bits per heavy atom. The number of rotatable bonds is 5. The van der Waals surface area contributed by atoms with Gasteiger partial charge in [0.05, 0.1) is 16.6 Å². The highest BCUT2D eigenvalue weighted by Gasteiger charge is 2.36. The smallest absolute Gasteiger partial charge is 0.229 e. The van der Waals surface area contributed by atoms with E-state index < -0.39 is 5.92 Å². The van der Waals surface area contributed by atoms with Crippen LogP contribution in [0.15, 0.2) is 84.9 Å². The van der Waals surface area contributed by atoms with E-state index in [2.05, 4.69) is 11.4 Å². The fourth-order valence-electron chi connectivity index (χ4n) is 4.03. The molecule has 0 aliphatic carbocycles. The Kier molecular flexibility index (Phi) is 6.14. The molecule has 4 aromatic rings. The fraction of sp³-hybridized carbons (Fsp3) is 0.111. The molecule has 2 amide bonds. The second-order valence-corrected chi connectivity index (χ2v) is 8.97. The largest absolute Gasteiger partial charge is 0.457 e. The number of nitrogens with one attached hydrogen (secondary N) is 1. The van der Waals surface area contributed by atoms with Crippen molar-refractivity contribution in [2.45, 2.75) is 6.42 Å². The summed E-state index contributed by atoms with van der Waals surface area (Å²) in [4.78, 5) is 26.9. The number of ether oxygens (including phenoxy) is 1. The predicted molar refractivity (Wildman–Crippen MR) is 136 cm³/mol.